The molecule has 16 nitrogen and oxygen atoms in total. The summed E-state index contributed by atoms with van der Waals surface area (Å²) in [6.45, 7) is 15.1. The smallest absolute Gasteiger partial charge is 0.338 e. The fourth-order valence-electron chi connectivity index (χ4n) is 13.7. The van der Waals surface area contributed by atoms with Gasteiger partial charge in [-0.15, -0.1) is 0 Å². The molecule has 0 aromatic rings. The lowest BCUT2D eigenvalue weighted by Gasteiger charge is -2.65. The van der Waals surface area contributed by atoms with E-state index in [1.807, 2.05) is 6.92 Å². The van der Waals surface area contributed by atoms with Gasteiger partial charge in [0.25, 0.3) is 0 Å². The van der Waals surface area contributed by atoms with Gasteiger partial charge >= 0.3 is 23.9 Å². The van der Waals surface area contributed by atoms with Crippen molar-refractivity contribution in [3.8, 4) is 0 Å². The highest BCUT2D eigenvalue weighted by atomic mass is 16.7. The summed E-state index contributed by atoms with van der Waals surface area (Å²) in [5.74, 6) is -11.6. The van der Waals surface area contributed by atoms with Gasteiger partial charge in [-0.2, -0.15) is 0 Å². The van der Waals surface area contributed by atoms with E-state index in [2.05, 4.69) is 11.8 Å². The molecule has 0 unspecified atom stereocenters. The van der Waals surface area contributed by atoms with Gasteiger partial charge in [-0.25, -0.2) is 4.79 Å². The summed E-state index contributed by atoms with van der Waals surface area (Å²) >= 11 is 0. The van der Waals surface area contributed by atoms with Gasteiger partial charge < -0.3 is 54.3 Å². The summed E-state index contributed by atoms with van der Waals surface area (Å²) in [4.78, 5) is 55.7. The van der Waals surface area contributed by atoms with Crippen LogP contribution in [0.25, 0.3) is 0 Å². The number of carbonyl (C=O) groups is 4. The maximum absolute atomic E-state index is 13.9. The highest BCUT2D eigenvalue weighted by molar-refractivity contribution is 5.75. The highest BCUT2D eigenvalue weighted by Crippen LogP contribution is 2.79. The maximum atomic E-state index is 13.9. The first-order valence-corrected chi connectivity index (χ1v) is 20.8. The lowest BCUT2D eigenvalue weighted by molar-refractivity contribution is -0.312. The Labute approximate surface area is 333 Å². The number of hydrogen-bond acceptors (Lipinski definition) is 16. The molecule has 4 bridgehead atoms. The van der Waals surface area contributed by atoms with Crippen LogP contribution in [0.1, 0.15) is 101 Å². The van der Waals surface area contributed by atoms with Crippen LogP contribution >= 0.6 is 0 Å². The van der Waals surface area contributed by atoms with Crippen molar-refractivity contribution in [3.63, 3.8) is 0 Å². The lowest BCUT2D eigenvalue weighted by atomic mass is 9.45. The first-order valence-electron chi connectivity index (χ1n) is 20.8. The average Bonchev–Trinajstić information content (AvgIpc) is 3.42. The van der Waals surface area contributed by atoms with Gasteiger partial charge in [0.05, 0.1) is 41.2 Å². The molecule has 3 saturated heterocycles. The van der Waals surface area contributed by atoms with Crippen molar-refractivity contribution in [2.45, 2.75) is 172 Å². The highest BCUT2D eigenvalue weighted by Gasteiger charge is 2.92. The molecule has 6 N–H and O–H groups in total. The SMILES string of the molecule is CC[C@H](C)C(=O)O[C@H]1[C@H](O)[C@H]2[C@@H](CN3C[C@@H](C)CC[C@H]3[C@@]2(C)O)[C@@H]2C[C@]34O[C@@]5(O)[C@@H](OC(=O)[C@H](O)[C@@H](C)O)CC[C@@]3(C)[C@@H]5[C@@](C)(OC(C)=O)[C@@H](OC(C)=O)[C@H]4[C@@]21O. The number of fused-ring (bicyclic) bond motifs is 5. The largest absolute Gasteiger partial charge is 0.458 e. The van der Waals surface area contributed by atoms with E-state index >= 15 is 0 Å². The first-order chi connectivity index (χ1) is 26.4. The third-order valence-corrected chi connectivity index (χ3v) is 16.0. The minimum Gasteiger partial charge on any atom is -0.458 e. The molecule has 322 valence electrons. The Kier molecular flexibility index (Phi) is 10.3. The summed E-state index contributed by atoms with van der Waals surface area (Å²) in [5, 5.41) is 72.8. The van der Waals surface area contributed by atoms with E-state index in [0.717, 1.165) is 20.3 Å². The van der Waals surface area contributed by atoms with Crippen LogP contribution in [0.15, 0.2) is 0 Å². The number of aliphatic hydroxyl groups is 6. The van der Waals surface area contributed by atoms with Crippen molar-refractivity contribution in [1.29, 1.82) is 0 Å². The zero-order valence-electron chi connectivity index (χ0n) is 34.5. The van der Waals surface area contributed by atoms with Crippen molar-refractivity contribution < 1.29 is 73.5 Å². The van der Waals surface area contributed by atoms with Crippen LogP contribution in [0.3, 0.4) is 0 Å². The maximum Gasteiger partial charge on any atom is 0.338 e. The van der Waals surface area contributed by atoms with Gasteiger partial charge in [0.2, 0.25) is 5.79 Å². The van der Waals surface area contributed by atoms with Crippen LogP contribution < -0.4 is 0 Å². The summed E-state index contributed by atoms with van der Waals surface area (Å²) in [6.07, 6.45) is -7.88. The second-order valence-corrected chi connectivity index (χ2v) is 19.5. The summed E-state index contributed by atoms with van der Waals surface area (Å²) in [6, 6.07) is -0.332. The first kappa shape index (κ1) is 42.7. The Morgan fingerprint density at radius 2 is 1.56 bits per heavy atom. The second kappa shape index (κ2) is 13.8. The van der Waals surface area contributed by atoms with Crippen LogP contribution in [0, 0.1) is 46.8 Å². The van der Waals surface area contributed by atoms with Gasteiger partial charge in [-0.1, -0.05) is 27.7 Å². The van der Waals surface area contributed by atoms with Gasteiger partial charge in [0.15, 0.2) is 30.0 Å². The quantitative estimate of drug-likeness (QED) is 0.145. The third-order valence-electron chi connectivity index (χ3n) is 16.0. The molecule has 7 rings (SSSR count). The molecule has 0 radical (unpaired) electrons. The number of ether oxygens (including phenoxy) is 5. The summed E-state index contributed by atoms with van der Waals surface area (Å²) < 4.78 is 31.3. The molecule has 20 atom stereocenters. The van der Waals surface area contributed by atoms with Gasteiger partial charge in [0, 0.05) is 44.3 Å². The number of esters is 4. The lowest BCUT2D eigenvalue weighted by Crippen LogP contribution is -2.79. The molecule has 3 aliphatic heterocycles. The van der Waals surface area contributed by atoms with E-state index in [1.165, 1.54) is 13.8 Å². The number of hydrogen-bond donors (Lipinski definition) is 6. The van der Waals surface area contributed by atoms with Crippen molar-refractivity contribution in [1.82, 2.24) is 4.90 Å². The number of nitrogens with zero attached hydrogens (tertiary/aromatic N) is 1. The standard InChI is InChI=1S/C41H63NO15/c1-10-19(3)33(48)55-31-29(47)27-23(17-42-16-18(2)11-12-25(42)37(27,8)50)24-15-39-30(40(24,31)51)32(53-21(5)44)38(9,56-22(6)45)35-36(39,7)14-13-26(41(35,52)57-39)54-34(49)28(46)20(4)43/h18-20,23-32,35,43,46-47,50-52H,10-17H2,1-9H3/t18-,19-,20+,23-,24-,25-,26-,27+,28+,29+,30+,31-,32-,35+,36-,37+,38-,39+,40-,41-/m0/s1. The molecular weight excluding hydrogens is 746 g/mol. The normalized spacial score (nSPS) is 51.2. The molecule has 3 heterocycles. The van der Waals surface area contributed by atoms with Crippen LogP contribution in [0.2, 0.25) is 0 Å². The fraction of sp³-hybridized carbons (Fsp3) is 0.902. The van der Waals surface area contributed by atoms with Crippen molar-refractivity contribution in [3.05, 3.63) is 0 Å². The fourth-order valence-corrected chi connectivity index (χ4v) is 13.7. The molecular formula is C41H63NO15. The van der Waals surface area contributed by atoms with E-state index in [0.29, 0.717) is 31.8 Å². The van der Waals surface area contributed by atoms with E-state index in [4.69, 9.17) is 23.7 Å². The molecule has 0 amide bonds. The molecule has 0 aromatic heterocycles. The predicted octanol–water partition coefficient (Wildman–Crippen LogP) is 0.578. The Bertz CT molecular complexity index is 1660. The molecule has 4 saturated carbocycles. The minimum atomic E-state index is -2.49. The van der Waals surface area contributed by atoms with Crippen LogP contribution in [0.4, 0.5) is 0 Å². The van der Waals surface area contributed by atoms with Crippen molar-refractivity contribution >= 4 is 23.9 Å². The molecule has 16 heteroatoms. The molecule has 57 heavy (non-hydrogen) atoms. The zero-order valence-corrected chi connectivity index (χ0v) is 34.5. The summed E-state index contributed by atoms with van der Waals surface area (Å²) in [7, 11) is 0. The van der Waals surface area contributed by atoms with Crippen LogP contribution in [-0.2, 0) is 42.9 Å². The monoisotopic (exact) mass is 809 g/mol. The topological polar surface area (TPSA) is 239 Å². The summed E-state index contributed by atoms with van der Waals surface area (Å²) in [5.41, 5.74) is -8.73. The van der Waals surface area contributed by atoms with Crippen LogP contribution in [-0.4, -0.2) is 143 Å². The van der Waals surface area contributed by atoms with Crippen molar-refractivity contribution in [2.75, 3.05) is 13.1 Å². The predicted molar refractivity (Wildman–Crippen MR) is 196 cm³/mol. The van der Waals surface area contributed by atoms with Gasteiger partial charge in [-0.3, -0.25) is 19.3 Å². The molecule has 0 aromatic carbocycles. The Balaban J connectivity index is 1.47. The Morgan fingerprint density at radius 1 is 0.895 bits per heavy atom. The van der Waals surface area contributed by atoms with E-state index < -0.39 is 130 Å². The number of carbonyl (C=O) groups excluding carboxylic acids is 4. The molecule has 1 spiro atoms. The Hall–Kier alpha value is -2.44. The van der Waals surface area contributed by atoms with E-state index in [9.17, 15) is 49.8 Å². The van der Waals surface area contributed by atoms with Crippen molar-refractivity contribution in [2.24, 2.45) is 46.8 Å². The van der Waals surface area contributed by atoms with Crippen LogP contribution in [0.5, 0.6) is 0 Å². The minimum absolute atomic E-state index is 0.0170. The van der Waals surface area contributed by atoms with Gasteiger partial charge in [0.1, 0.15) is 5.60 Å². The second-order valence-electron chi connectivity index (χ2n) is 19.5. The number of piperidine rings is 2. The van der Waals surface area contributed by atoms with Gasteiger partial charge in [-0.05, 0) is 77.0 Å². The third kappa shape index (κ3) is 5.74. The van der Waals surface area contributed by atoms with E-state index in [-0.39, 0.29) is 25.3 Å². The molecule has 7 fully saturated rings. The zero-order chi connectivity index (χ0) is 42.2. The number of aliphatic hydroxyl groups excluding tert-OH is 3. The van der Waals surface area contributed by atoms with E-state index in [1.54, 1.807) is 20.8 Å². The Morgan fingerprint density at radius 3 is 2.16 bits per heavy atom. The molecule has 4 aliphatic carbocycles. The average molecular weight is 810 g/mol. The molecule has 7 aliphatic rings. The number of rotatable bonds is 8.